The minimum absolute atomic E-state index is 0.211. The molecule has 1 fully saturated rings. The van der Waals surface area contributed by atoms with Crippen molar-refractivity contribution in [2.24, 2.45) is 0 Å². The number of benzene rings is 1. The van der Waals surface area contributed by atoms with Crippen molar-refractivity contribution in [3.05, 3.63) is 35.7 Å². The number of likely N-dealkylation sites (tertiary alicyclic amines) is 1. The van der Waals surface area contributed by atoms with Gasteiger partial charge in [-0.25, -0.2) is 4.79 Å². The Balaban J connectivity index is 1.53. The Morgan fingerprint density at radius 1 is 1.46 bits per heavy atom. The third-order valence-electron chi connectivity index (χ3n) is 4.11. The molecule has 0 radical (unpaired) electrons. The van der Waals surface area contributed by atoms with E-state index in [1.165, 1.54) is 0 Å². The van der Waals surface area contributed by atoms with Gasteiger partial charge in [-0.05, 0) is 25.8 Å². The van der Waals surface area contributed by atoms with Gasteiger partial charge < -0.3 is 19.5 Å². The van der Waals surface area contributed by atoms with Gasteiger partial charge in [0.1, 0.15) is 0 Å². The van der Waals surface area contributed by atoms with Crippen molar-refractivity contribution < 1.29 is 14.1 Å². The van der Waals surface area contributed by atoms with E-state index < -0.39 is 0 Å². The molecule has 7 heteroatoms. The van der Waals surface area contributed by atoms with Crippen LogP contribution in [0.1, 0.15) is 24.8 Å². The van der Waals surface area contributed by atoms with Crippen LogP contribution in [-0.2, 0) is 11.3 Å². The second-order valence-electron chi connectivity index (χ2n) is 5.84. The number of nitrogens with zero attached hydrogens (tertiary/aromatic N) is 3. The lowest BCUT2D eigenvalue weighted by Gasteiger charge is -2.15. The summed E-state index contributed by atoms with van der Waals surface area (Å²) in [6.07, 6.45) is 0.638. The van der Waals surface area contributed by atoms with Gasteiger partial charge in [0.25, 0.3) is 0 Å². The van der Waals surface area contributed by atoms with E-state index in [0.29, 0.717) is 38.0 Å². The van der Waals surface area contributed by atoms with E-state index in [9.17, 15) is 4.79 Å². The molecular weight excluding hydrogens is 308 g/mol. The zero-order valence-electron chi connectivity index (χ0n) is 14.0. The molecule has 1 amide bonds. The van der Waals surface area contributed by atoms with Crippen LogP contribution in [0.25, 0.3) is 11.4 Å². The molecule has 0 saturated carbocycles. The van der Waals surface area contributed by atoms with Crippen LogP contribution in [0, 0.1) is 6.92 Å². The quantitative estimate of drug-likeness (QED) is 0.906. The first-order valence-corrected chi connectivity index (χ1v) is 8.21. The summed E-state index contributed by atoms with van der Waals surface area (Å²) in [5.74, 6) is 1.15. The van der Waals surface area contributed by atoms with Gasteiger partial charge in [-0.1, -0.05) is 29.4 Å². The van der Waals surface area contributed by atoms with Crippen LogP contribution < -0.4 is 5.32 Å². The van der Waals surface area contributed by atoms with E-state index in [4.69, 9.17) is 9.26 Å². The Morgan fingerprint density at radius 3 is 3.08 bits per heavy atom. The molecule has 0 unspecified atom stereocenters. The molecule has 0 aliphatic carbocycles. The van der Waals surface area contributed by atoms with Crippen molar-refractivity contribution >= 4 is 6.09 Å². The van der Waals surface area contributed by atoms with Gasteiger partial charge in [-0.3, -0.25) is 0 Å². The van der Waals surface area contributed by atoms with Crippen LogP contribution >= 0.6 is 0 Å². The SMILES string of the molecule is CCOC(=O)N1CC[C@H](NCc2nc(-c3ccccc3C)no2)C1. The van der Waals surface area contributed by atoms with Crippen LogP contribution in [0.4, 0.5) is 4.79 Å². The Labute approximate surface area is 141 Å². The number of aryl methyl sites for hydroxylation is 1. The van der Waals surface area contributed by atoms with E-state index in [2.05, 4.69) is 15.5 Å². The monoisotopic (exact) mass is 330 g/mol. The number of rotatable bonds is 5. The van der Waals surface area contributed by atoms with Gasteiger partial charge in [-0.2, -0.15) is 4.98 Å². The van der Waals surface area contributed by atoms with Gasteiger partial charge in [0.2, 0.25) is 11.7 Å². The molecule has 1 aliphatic rings. The molecule has 24 heavy (non-hydrogen) atoms. The lowest BCUT2D eigenvalue weighted by atomic mass is 10.1. The van der Waals surface area contributed by atoms with Gasteiger partial charge in [0.05, 0.1) is 13.2 Å². The molecule has 2 heterocycles. The van der Waals surface area contributed by atoms with E-state index in [1.807, 2.05) is 38.1 Å². The first-order valence-electron chi connectivity index (χ1n) is 8.21. The standard InChI is InChI=1S/C17H22N4O3/c1-3-23-17(22)21-9-8-13(11-21)18-10-15-19-16(20-24-15)14-7-5-4-6-12(14)2/h4-7,13,18H,3,8-11H2,1-2H3/t13-/m0/s1. The average Bonchev–Trinajstić information content (AvgIpc) is 3.23. The fourth-order valence-corrected chi connectivity index (χ4v) is 2.80. The summed E-state index contributed by atoms with van der Waals surface area (Å²) < 4.78 is 10.3. The Hall–Kier alpha value is -2.41. The van der Waals surface area contributed by atoms with Crippen molar-refractivity contribution in [3.8, 4) is 11.4 Å². The van der Waals surface area contributed by atoms with Crippen molar-refractivity contribution in [1.82, 2.24) is 20.4 Å². The van der Waals surface area contributed by atoms with Crippen LogP contribution in [0.2, 0.25) is 0 Å². The highest BCUT2D eigenvalue weighted by Crippen LogP contribution is 2.20. The summed E-state index contributed by atoms with van der Waals surface area (Å²) in [7, 11) is 0. The first-order chi connectivity index (χ1) is 11.7. The highest BCUT2D eigenvalue weighted by molar-refractivity contribution is 5.68. The summed E-state index contributed by atoms with van der Waals surface area (Å²) in [5, 5.41) is 7.41. The van der Waals surface area contributed by atoms with Gasteiger partial charge in [-0.15, -0.1) is 0 Å². The zero-order valence-corrected chi connectivity index (χ0v) is 14.0. The largest absolute Gasteiger partial charge is 0.450 e. The van der Waals surface area contributed by atoms with Gasteiger partial charge in [0, 0.05) is 24.7 Å². The predicted molar refractivity (Wildman–Crippen MR) is 88.3 cm³/mol. The molecule has 3 rings (SSSR count). The molecule has 128 valence electrons. The Morgan fingerprint density at radius 2 is 2.29 bits per heavy atom. The molecule has 2 aromatic rings. The molecule has 0 spiro atoms. The molecule has 0 bridgehead atoms. The maximum atomic E-state index is 11.7. The lowest BCUT2D eigenvalue weighted by Crippen LogP contribution is -2.35. The van der Waals surface area contributed by atoms with Gasteiger partial charge >= 0.3 is 6.09 Å². The third-order valence-corrected chi connectivity index (χ3v) is 4.11. The van der Waals surface area contributed by atoms with E-state index in [-0.39, 0.29) is 12.1 Å². The average molecular weight is 330 g/mol. The minimum Gasteiger partial charge on any atom is -0.450 e. The third kappa shape index (κ3) is 3.73. The second kappa shape index (κ2) is 7.44. The maximum Gasteiger partial charge on any atom is 0.409 e. The molecule has 1 aromatic heterocycles. The summed E-state index contributed by atoms with van der Waals surface area (Å²) in [6.45, 7) is 6.06. The smallest absolute Gasteiger partial charge is 0.409 e. The molecule has 1 atom stereocenters. The van der Waals surface area contributed by atoms with E-state index >= 15 is 0 Å². The van der Waals surface area contributed by atoms with E-state index in [0.717, 1.165) is 17.5 Å². The number of carbonyl (C=O) groups is 1. The van der Waals surface area contributed by atoms with Crippen molar-refractivity contribution in [2.75, 3.05) is 19.7 Å². The molecule has 1 aliphatic heterocycles. The van der Waals surface area contributed by atoms with Crippen molar-refractivity contribution in [3.63, 3.8) is 0 Å². The number of hydrogen-bond acceptors (Lipinski definition) is 6. The minimum atomic E-state index is -0.249. The molecular formula is C17H22N4O3. The number of amides is 1. The number of aromatic nitrogens is 2. The van der Waals surface area contributed by atoms with Crippen LogP contribution in [-0.4, -0.2) is 46.9 Å². The molecule has 1 saturated heterocycles. The first kappa shape index (κ1) is 16.4. The van der Waals surface area contributed by atoms with E-state index in [1.54, 1.807) is 4.90 Å². The van der Waals surface area contributed by atoms with Crippen molar-refractivity contribution in [2.45, 2.75) is 32.9 Å². The summed E-state index contributed by atoms with van der Waals surface area (Å²) in [4.78, 5) is 17.8. The predicted octanol–water partition coefficient (Wildman–Crippen LogP) is 2.37. The summed E-state index contributed by atoms with van der Waals surface area (Å²) in [5.41, 5.74) is 2.08. The zero-order chi connectivity index (χ0) is 16.9. The molecule has 7 nitrogen and oxygen atoms in total. The number of ether oxygens (including phenoxy) is 1. The fraction of sp³-hybridized carbons (Fsp3) is 0.471. The summed E-state index contributed by atoms with van der Waals surface area (Å²) >= 11 is 0. The maximum absolute atomic E-state index is 11.7. The Kier molecular flexibility index (Phi) is 5.10. The summed E-state index contributed by atoms with van der Waals surface area (Å²) in [6, 6.07) is 8.15. The fourth-order valence-electron chi connectivity index (χ4n) is 2.80. The number of hydrogen-bond donors (Lipinski definition) is 1. The number of carbonyl (C=O) groups excluding carboxylic acids is 1. The molecule has 1 N–H and O–H groups in total. The van der Waals surface area contributed by atoms with Crippen molar-refractivity contribution in [1.29, 1.82) is 0 Å². The number of nitrogens with one attached hydrogen (secondary N) is 1. The lowest BCUT2D eigenvalue weighted by molar-refractivity contribution is 0.115. The topological polar surface area (TPSA) is 80.5 Å². The van der Waals surface area contributed by atoms with Crippen LogP contribution in [0.3, 0.4) is 0 Å². The van der Waals surface area contributed by atoms with Gasteiger partial charge in [0.15, 0.2) is 0 Å². The highest BCUT2D eigenvalue weighted by atomic mass is 16.6. The van der Waals surface area contributed by atoms with Crippen LogP contribution in [0.15, 0.2) is 28.8 Å². The highest BCUT2D eigenvalue weighted by Gasteiger charge is 2.27. The van der Waals surface area contributed by atoms with Crippen LogP contribution in [0.5, 0.6) is 0 Å². The molecule has 1 aromatic carbocycles. The Bertz CT molecular complexity index is 701. The second-order valence-corrected chi connectivity index (χ2v) is 5.84. The normalized spacial score (nSPS) is 17.2.